The number of aromatic nitrogens is 1. The molecule has 108 valence electrons. The average molecular weight is 313 g/mol. The van der Waals surface area contributed by atoms with Crippen molar-refractivity contribution in [2.24, 2.45) is 5.92 Å². The predicted octanol–water partition coefficient (Wildman–Crippen LogP) is 2.78. The van der Waals surface area contributed by atoms with Crippen LogP contribution in [0.3, 0.4) is 0 Å². The van der Waals surface area contributed by atoms with Crippen LogP contribution in [0.1, 0.15) is 13.8 Å². The summed E-state index contributed by atoms with van der Waals surface area (Å²) >= 11 is 5.77. The monoisotopic (exact) mass is 312 g/mol. The second kappa shape index (κ2) is 6.08. The molecule has 0 spiro atoms. The fourth-order valence-corrected chi connectivity index (χ4v) is 3.73. The van der Waals surface area contributed by atoms with Gasteiger partial charge in [0.1, 0.15) is 0 Å². The van der Waals surface area contributed by atoms with E-state index in [0.717, 1.165) is 5.39 Å². The van der Waals surface area contributed by atoms with Crippen LogP contribution in [0.2, 0.25) is 0 Å². The molecule has 1 aromatic carbocycles. The van der Waals surface area contributed by atoms with Gasteiger partial charge in [0.2, 0.25) is 10.0 Å². The minimum absolute atomic E-state index is 0.0584. The van der Waals surface area contributed by atoms with Crippen molar-refractivity contribution in [3.05, 3.63) is 36.7 Å². The van der Waals surface area contributed by atoms with Gasteiger partial charge in [-0.25, -0.2) is 13.1 Å². The fraction of sp³-hybridized carbons (Fsp3) is 0.357. The molecule has 1 heterocycles. The molecule has 0 aliphatic carbocycles. The van der Waals surface area contributed by atoms with Gasteiger partial charge in [0.15, 0.2) is 0 Å². The van der Waals surface area contributed by atoms with Gasteiger partial charge in [0.05, 0.1) is 4.90 Å². The summed E-state index contributed by atoms with van der Waals surface area (Å²) < 4.78 is 27.7. The van der Waals surface area contributed by atoms with Gasteiger partial charge < -0.3 is 0 Å². The lowest BCUT2D eigenvalue weighted by atomic mass is 10.1. The Morgan fingerprint density at radius 1 is 1.30 bits per heavy atom. The van der Waals surface area contributed by atoms with Gasteiger partial charge >= 0.3 is 0 Å². The van der Waals surface area contributed by atoms with E-state index in [0.29, 0.717) is 11.3 Å². The number of halogens is 1. The molecule has 2 rings (SSSR count). The molecule has 20 heavy (non-hydrogen) atoms. The third-order valence-corrected chi connectivity index (χ3v) is 5.47. The standard InChI is InChI=1S/C14H17ClN2O2S/c1-10(8-15)11(2)17-20(18,19)14-5-3-4-12-9-16-7-6-13(12)14/h3-7,9-11,17H,8H2,1-2H3. The van der Waals surface area contributed by atoms with E-state index >= 15 is 0 Å². The van der Waals surface area contributed by atoms with Crippen molar-refractivity contribution >= 4 is 32.4 Å². The molecule has 0 radical (unpaired) electrons. The topological polar surface area (TPSA) is 59.1 Å². The van der Waals surface area contributed by atoms with E-state index in [1.807, 2.05) is 19.9 Å². The van der Waals surface area contributed by atoms with Crippen molar-refractivity contribution in [2.45, 2.75) is 24.8 Å². The highest BCUT2D eigenvalue weighted by Gasteiger charge is 2.22. The molecule has 4 nitrogen and oxygen atoms in total. The zero-order valence-electron chi connectivity index (χ0n) is 11.4. The summed E-state index contributed by atoms with van der Waals surface area (Å²) in [6.45, 7) is 3.73. The van der Waals surface area contributed by atoms with E-state index in [4.69, 9.17) is 11.6 Å². The normalized spacial score (nSPS) is 15.2. The Morgan fingerprint density at radius 2 is 2.05 bits per heavy atom. The summed E-state index contributed by atoms with van der Waals surface area (Å²) in [7, 11) is -3.58. The highest BCUT2D eigenvalue weighted by molar-refractivity contribution is 7.89. The molecular formula is C14H17ClN2O2S. The molecule has 0 aliphatic heterocycles. The van der Waals surface area contributed by atoms with Crippen LogP contribution in [-0.4, -0.2) is 25.3 Å². The van der Waals surface area contributed by atoms with Crippen LogP contribution in [0.4, 0.5) is 0 Å². The summed E-state index contributed by atoms with van der Waals surface area (Å²) in [6, 6.07) is 6.64. The van der Waals surface area contributed by atoms with Crippen molar-refractivity contribution < 1.29 is 8.42 Å². The Balaban J connectivity index is 2.42. The van der Waals surface area contributed by atoms with Crippen molar-refractivity contribution in [3.63, 3.8) is 0 Å². The molecule has 2 unspecified atom stereocenters. The lowest BCUT2D eigenvalue weighted by molar-refractivity contribution is 0.481. The van der Waals surface area contributed by atoms with Gasteiger partial charge in [-0.15, -0.1) is 11.6 Å². The molecule has 0 saturated heterocycles. The average Bonchev–Trinajstić information content (AvgIpc) is 2.45. The summed E-state index contributed by atoms with van der Waals surface area (Å²) in [5, 5.41) is 1.47. The van der Waals surface area contributed by atoms with E-state index in [-0.39, 0.29) is 16.9 Å². The summed E-state index contributed by atoms with van der Waals surface area (Å²) in [6.07, 6.45) is 3.24. The molecule has 0 amide bonds. The Morgan fingerprint density at radius 3 is 2.75 bits per heavy atom. The number of hydrogen-bond acceptors (Lipinski definition) is 3. The molecule has 6 heteroatoms. The molecule has 0 saturated carbocycles. The van der Waals surface area contributed by atoms with Crippen LogP contribution >= 0.6 is 11.6 Å². The largest absolute Gasteiger partial charge is 0.264 e. The smallest absolute Gasteiger partial charge is 0.241 e. The van der Waals surface area contributed by atoms with Crippen molar-refractivity contribution in [3.8, 4) is 0 Å². The van der Waals surface area contributed by atoms with Gasteiger partial charge in [0, 0.05) is 35.1 Å². The van der Waals surface area contributed by atoms with Crippen LogP contribution in [-0.2, 0) is 10.0 Å². The number of hydrogen-bond donors (Lipinski definition) is 1. The Kier molecular flexibility index (Phi) is 4.62. The van der Waals surface area contributed by atoms with E-state index < -0.39 is 10.0 Å². The molecule has 1 aromatic heterocycles. The number of sulfonamides is 1. The van der Waals surface area contributed by atoms with Crippen molar-refractivity contribution in [1.29, 1.82) is 0 Å². The van der Waals surface area contributed by atoms with E-state index in [9.17, 15) is 8.42 Å². The number of rotatable bonds is 5. The number of pyridine rings is 1. The second-order valence-corrected chi connectivity index (χ2v) is 6.89. The maximum atomic E-state index is 12.5. The fourth-order valence-electron chi connectivity index (χ4n) is 1.89. The quantitative estimate of drug-likeness (QED) is 0.864. The van der Waals surface area contributed by atoms with Crippen molar-refractivity contribution in [1.82, 2.24) is 9.71 Å². The van der Waals surface area contributed by atoms with Gasteiger partial charge in [-0.1, -0.05) is 19.1 Å². The molecular weight excluding hydrogens is 296 g/mol. The molecule has 1 N–H and O–H groups in total. The number of fused-ring (bicyclic) bond motifs is 1. The second-order valence-electron chi connectivity index (χ2n) is 4.89. The SMILES string of the molecule is CC(CCl)C(C)NS(=O)(=O)c1cccc2cnccc12. The Bertz CT molecular complexity index is 698. The first-order chi connectivity index (χ1) is 9.45. The first-order valence-electron chi connectivity index (χ1n) is 6.36. The maximum absolute atomic E-state index is 12.5. The third-order valence-electron chi connectivity index (χ3n) is 3.37. The molecule has 0 bridgehead atoms. The highest BCUT2D eigenvalue weighted by Crippen LogP contribution is 2.22. The van der Waals surface area contributed by atoms with Crippen molar-refractivity contribution in [2.75, 3.05) is 5.88 Å². The van der Waals surface area contributed by atoms with Gasteiger partial charge in [-0.05, 0) is 25.0 Å². The molecule has 0 aliphatic rings. The summed E-state index contributed by atoms with van der Waals surface area (Å²) in [4.78, 5) is 4.28. The van der Waals surface area contributed by atoms with Crippen LogP contribution in [0.25, 0.3) is 10.8 Å². The van der Waals surface area contributed by atoms with E-state index in [2.05, 4.69) is 9.71 Å². The molecule has 2 aromatic rings. The van der Waals surface area contributed by atoms with Crippen LogP contribution in [0.15, 0.2) is 41.6 Å². The van der Waals surface area contributed by atoms with Gasteiger partial charge in [-0.3, -0.25) is 4.98 Å². The number of benzene rings is 1. The Hall–Kier alpha value is -1.17. The van der Waals surface area contributed by atoms with Crippen LogP contribution in [0.5, 0.6) is 0 Å². The minimum atomic E-state index is -3.58. The Labute approximate surface area is 124 Å². The number of alkyl halides is 1. The zero-order valence-corrected chi connectivity index (χ0v) is 12.9. The third kappa shape index (κ3) is 3.11. The van der Waals surface area contributed by atoms with Crippen LogP contribution < -0.4 is 4.72 Å². The number of nitrogens with one attached hydrogen (secondary N) is 1. The maximum Gasteiger partial charge on any atom is 0.241 e. The summed E-state index contributed by atoms with van der Waals surface area (Å²) in [5.74, 6) is 0.464. The van der Waals surface area contributed by atoms with Gasteiger partial charge in [0.25, 0.3) is 0 Å². The predicted molar refractivity (Wildman–Crippen MR) is 81.4 cm³/mol. The van der Waals surface area contributed by atoms with E-state index in [1.54, 1.807) is 30.6 Å². The first kappa shape index (κ1) is 15.2. The summed E-state index contributed by atoms with van der Waals surface area (Å²) in [5.41, 5.74) is 0. The van der Waals surface area contributed by atoms with Gasteiger partial charge in [-0.2, -0.15) is 0 Å². The minimum Gasteiger partial charge on any atom is -0.264 e. The molecule has 0 fully saturated rings. The lowest BCUT2D eigenvalue weighted by Crippen LogP contribution is -2.37. The van der Waals surface area contributed by atoms with Crippen LogP contribution in [0, 0.1) is 5.92 Å². The zero-order chi connectivity index (χ0) is 14.8. The highest BCUT2D eigenvalue weighted by atomic mass is 35.5. The lowest BCUT2D eigenvalue weighted by Gasteiger charge is -2.19. The van der Waals surface area contributed by atoms with E-state index in [1.165, 1.54) is 0 Å². The number of nitrogens with zero attached hydrogens (tertiary/aromatic N) is 1. The first-order valence-corrected chi connectivity index (χ1v) is 8.38. The molecule has 2 atom stereocenters.